The van der Waals surface area contributed by atoms with Crippen LogP contribution in [0, 0.1) is 5.92 Å². The molecule has 0 atom stereocenters. The molecule has 0 radical (unpaired) electrons. The maximum Gasteiger partial charge on any atom is 0.226 e. The molecule has 6 heteroatoms. The summed E-state index contributed by atoms with van der Waals surface area (Å²) in [5.74, 6) is 0.0556. The number of amides is 2. The normalized spacial score (nSPS) is 21.0. The number of ether oxygens (including phenoxy) is 2. The number of carbonyl (C=O) groups excluding carboxylic acids is 2. The average molecular weight is 270 g/mol. The number of hydrogen-bond acceptors (Lipinski definition) is 4. The summed E-state index contributed by atoms with van der Waals surface area (Å²) < 4.78 is 10.9. The van der Waals surface area contributed by atoms with Gasteiger partial charge in [-0.05, 0) is 12.8 Å². The molecule has 2 saturated heterocycles. The van der Waals surface area contributed by atoms with E-state index in [1.54, 1.807) is 11.9 Å². The first-order valence-electron chi connectivity index (χ1n) is 6.89. The van der Waals surface area contributed by atoms with Gasteiger partial charge in [0.15, 0.2) is 0 Å². The number of rotatable bonds is 5. The quantitative estimate of drug-likeness (QED) is 0.750. The SMILES string of the molecule is CNC(=O)C1CN(C(=O)CCOC2CCOCC2)C1. The average Bonchev–Trinajstić information content (AvgIpc) is 2.38. The standard InChI is InChI=1S/C13H22N2O4/c1-14-13(17)10-8-15(9-10)12(16)4-7-19-11-2-5-18-6-3-11/h10-11H,2-9H2,1H3,(H,14,17). The second kappa shape index (κ2) is 6.86. The third-order valence-electron chi connectivity index (χ3n) is 3.69. The molecule has 0 aromatic carbocycles. The first kappa shape index (κ1) is 14.3. The van der Waals surface area contributed by atoms with Crippen LogP contribution in [0.3, 0.4) is 0 Å². The van der Waals surface area contributed by atoms with Gasteiger partial charge in [-0.1, -0.05) is 0 Å². The van der Waals surface area contributed by atoms with E-state index in [4.69, 9.17) is 9.47 Å². The zero-order chi connectivity index (χ0) is 13.7. The molecule has 2 amide bonds. The summed E-state index contributed by atoms with van der Waals surface area (Å²) in [5, 5.41) is 2.60. The van der Waals surface area contributed by atoms with Gasteiger partial charge in [-0.2, -0.15) is 0 Å². The van der Waals surface area contributed by atoms with E-state index in [1.165, 1.54) is 0 Å². The Morgan fingerprint density at radius 2 is 2.00 bits per heavy atom. The van der Waals surface area contributed by atoms with Gasteiger partial charge in [-0.3, -0.25) is 9.59 Å². The van der Waals surface area contributed by atoms with E-state index in [9.17, 15) is 9.59 Å². The highest BCUT2D eigenvalue weighted by molar-refractivity contribution is 5.84. The third kappa shape index (κ3) is 3.91. The molecule has 0 unspecified atom stereocenters. The molecule has 2 fully saturated rings. The predicted octanol–water partition coefficient (Wildman–Crippen LogP) is -0.223. The van der Waals surface area contributed by atoms with Crippen molar-refractivity contribution < 1.29 is 19.1 Å². The van der Waals surface area contributed by atoms with E-state index >= 15 is 0 Å². The number of carbonyl (C=O) groups is 2. The molecule has 2 heterocycles. The van der Waals surface area contributed by atoms with Crippen LogP contribution in [0.4, 0.5) is 0 Å². The van der Waals surface area contributed by atoms with Crippen molar-refractivity contribution in [3.05, 3.63) is 0 Å². The molecule has 0 bridgehead atoms. The molecule has 1 N–H and O–H groups in total. The summed E-state index contributed by atoms with van der Waals surface area (Å²) in [6.07, 6.45) is 2.46. The Bertz CT molecular complexity index is 323. The van der Waals surface area contributed by atoms with Gasteiger partial charge in [0.2, 0.25) is 11.8 Å². The summed E-state index contributed by atoms with van der Waals surface area (Å²) >= 11 is 0. The van der Waals surface area contributed by atoms with Gasteiger partial charge in [-0.25, -0.2) is 0 Å². The molecule has 108 valence electrons. The minimum Gasteiger partial charge on any atom is -0.381 e. The van der Waals surface area contributed by atoms with Crippen molar-refractivity contribution in [3.63, 3.8) is 0 Å². The first-order valence-corrected chi connectivity index (χ1v) is 6.89. The molecular weight excluding hydrogens is 248 g/mol. The lowest BCUT2D eigenvalue weighted by molar-refractivity contribution is -0.144. The minimum atomic E-state index is -0.0367. The summed E-state index contributed by atoms with van der Waals surface area (Å²) in [6.45, 7) is 3.04. The lowest BCUT2D eigenvalue weighted by atomic mass is 9.99. The van der Waals surface area contributed by atoms with E-state index in [-0.39, 0.29) is 23.8 Å². The van der Waals surface area contributed by atoms with Gasteiger partial charge < -0.3 is 19.7 Å². The van der Waals surface area contributed by atoms with Crippen molar-refractivity contribution >= 4 is 11.8 Å². The smallest absolute Gasteiger partial charge is 0.226 e. The van der Waals surface area contributed by atoms with Crippen LogP contribution in [0.25, 0.3) is 0 Å². The fourth-order valence-corrected chi connectivity index (χ4v) is 2.37. The topological polar surface area (TPSA) is 67.9 Å². The van der Waals surface area contributed by atoms with Gasteiger partial charge in [0, 0.05) is 33.4 Å². The lowest BCUT2D eigenvalue weighted by Crippen LogP contribution is -2.55. The van der Waals surface area contributed by atoms with Crippen LogP contribution in [-0.4, -0.2) is 62.8 Å². The Hall–Kier alpha value is -1.14. The summed E-state index contributed by atoms with van der Waals surface area (Å²) in [4.78, 5) is 24.8. The Kier molecular flexibility index (Phi) is 5.15. The second-order valence-electron chi connectivity index (χ2n) is 5.04. The fourth-order valence-electron chi connectivity index (χ4n) is 2.37. The monoisotopic (exact) mass is 270 g/mol. The zero-order valence-electron chi connectivity index (χ0n) is 11.4. The maximum atomic E-state index is 11.8. The van der Waals surface area contributed by atoms with E-state index in [2.05, 4.69) is 5.32 Å². The van der Waals surface area contributed by atoms with Crippen LogP contribution in [0.1, 0.15) is 19.3 Å². The summed E-state index contributed by atoms with van der Waals surface area (Å²) in [7, 11) is 1.62. The minimum absolute atomic E-state index is 0.0162. The molecule has 2 aliphatic heterocycles. The van der Waals surface area contributed by atoms with Gasteiger partial charge >= 0.3 is 0 Å². The van der Waals surface area contributed by atoms with Crippen LogP contribution in [0.2, 0.25) is 0 Å². The van der Waals surface area contributed by atoms with Crippen LogP contribution < -0.4 is 5.32 Å². The molecule has 2 rings (SSSR count). The molecule has 0 aromatic rings. The largest absolute Gasteiger partial charge is 0.381 e. The van der Waals surface area contributed by atoms with E-state index in [1.807, 2.05) is 0 Å². The number of hydrogen-bond donors (Lipinski definition) is 1. The Morgan fingerprint density at radius 3 is 2.63 bits per heavy atom. The van der Waals surface area contributed by atoms with Crippen molar-refractivity contribution in [2.75, 3.05) is 40.0 Å². The molecule has 0 saturated carbocycles. The second-order valence-corrected chi connectivity index (χ2v) is 5.04. The molecule has 0 spiro atoms. The van der Waals surface area contributed by atoms with Crippen molar-refractivity contribution in [3.8, 4) is 0 Å². The Labute approximate surface area is 113 Å². The van der Waals surface area contributed by atoms with Crippen LogP contribution in [0.5, 0.6) is 0 Å². The summed E-state index contributed by atoms with van der Waals surface area (Å²) in [6, 6.07) is 0. The van der Waals surface area contributed by atoms with Gasteiger partial charge in [0.05, 0.1) is 25.0 Å². The highest BCUT2D eigenvalue weighted by Gasteiger charge is 2.34. The van der Waals surface area contributed by atoms with Gasteiger partial charge in [0.1, 0.15) is 0 Å². The highest BCUT2D eigenvalue weighted by atomic mass is 16.5. The van der Waals surface area contributed by atoms with E-state index in [0.717, 1.165) is 26.1 Å². The maximum absolute atomic E-state index is 11.8. The van der Waals surface area contributed by atoms with Crippen molar-refractivity contribution in [1.82, 2.24) is 10.2 Å². The fraction of sp³-hybridized carbons (Fsp3) is 0.846. The molecule has 0 aromatic heterocycles. The number of nitrogens with one attached hydrogen (secondary N) is 1. The predicted molar refractivity (Wildman–Crippen MR) is 68.5 cm³/mol. The Morgan fingerprint density at radius 1 is 1.32 bits per heavy atom. The van der Waals surface area contributed by atoms with Crippen LogP contribution in [-0.2, 0) is 19.1 Å². The summed E-state index contributed by atoms with van der Waals surface area (Å²) in [5.41, 5.74) is 0. The molecular formula is C13H22N2O4. The number of likely N-dealkylation sites (tertiary alicyclic amines) is 1. The Balaban J connectivity index is 1.57. The van der Waals surface area contributed by atoms with E-state index in [0.29, 0.717) is 26.1 Å². The molecule has 0 aliphatic carbocycles. The molecule has 19 heavy (non-hydrogen) atoms. The first-order chi connectivity index (χ1) is 9.20. The lowest BCUT2D eigenvalue weighted by Gasteiger charge is -2.38. The number of nitrogens with zero attached hydrogens (tertiary/aromatic N) is 1. The van der Waals surface area contributed by atoms with E-state index < -0.39 is 0 Å². The van der Waals surface area contributed by atoms with Crippen LogP contribution >= 0.6 is 0 Å². The third-order valence-corrected chi connectivity index (χ3v) is 3.69. The highest BCUT2D eigenvalue weighted by Crippen LogP contribution is 2.17. The molecule has 6 nitrogen and oxygen atoms in total. The van der Waals surface area contributed by atoms with Crippen molar-refractivity contribution in [2.45, 2.75) is 25.4 Å². The van der Waals surface area contributed by atoms with Crippen molar-refractivity contribution in [2.24, 2.45) is 5.92 Å². The van der Waals surface area contributed by atoms with Gasteiger partial charge in [0.25, 0.3) is 0 Å². The molecule has 2 aliphatic rings. The van der Waals surface area contributed by atoms with Crippen molar-refractivity contribution in [1.29, 1.82) is 0 Å². The zero-order valence-corrected chi connectivity index (χ0v) is 11.4. The van der Waals surface area contributed by atoms with Crippen LogP contribution in [0.15, 0.2) is 0 Å². The van der Waals surface area contributed by atoms with Gasteiger partial charge in [-0.15, -0.1) is 0 Å².